The fourth-order valence-electron chi connectivity index (χ4n) is 2.87. The number of thiazole rings is 1. The van der Waals surface area contributed by atoms with Crippen LogP contribution in [0.15, 0.2) is 23.2 Å². The molecule has 0 saturated heterocycles. The van der Waals surface area contributed by atoms with Gasteiger partial charge in [0.1, 0.15) is 13.2 Å². The predicted molar refractivity (Wildman–Crippen MR) is 105 cm³/mol. The van der Waals surface area contributed by atoms with Gasteiger partial charge in [-0.2, -0.15) is 0 Å². The van der Waals surface area contributed by atoms with Crippen molar-refractivity contribution in [3.05, 3.63) is 39.3 Å². The second-order valence-electron chi connectivity index (χ2n) is 6.25. The van der Waals surface area contributed by atoms with Crippen LogP contribution in [0.2, 0.25) is 0 Å². The first-order valence-electron chi connectivity index (χ1n) is 8.87. The molecule has 3 rings (SSSR count). The lowest BCUT2D eigenvalue weighted by Crippen LogP contribution is -2.38. The molecule has 1 aliphatic heterocycles. The van der Waals surface area contributed by atoms with Gasteiger partial charge in [-0.15, -0.1) is 11.3 Å². The van der Waals surface area contributed by atoms with Gasteiger partial charge >= 0.3 is 0 Å². The number of ether oxygens (including phenoxy) is 2. The Morgan fingerprint density at radius 2 is 2.04 bits per heavy atom. The van der Waals surface area contributed by atoms with Crippen LogP contribution < -0.4 is 14.8 Å². The maximum Gasteiger partial charge on any atom is 0.194 e. The number of aromatic nitrogens is 1. The average Bonchev–Trinajstić information content (AvgIpc) is 2.95. The highest BCUT2D eigenvalue weighted by Crippen LogP contribution is 2.31. The number of nitrogens with one attached hydrogen (secondary N) is 1. The van der Waals surface area contributed by atoms with Crippen LogP contribution in [0.25, 0.3) is 0 Å². The maximum absolute atomic E-state index is 5.68. The number of guanidine groups is 1. The normalized spacial score (nSPS) is 13.6. The van der Waals surface area contributed by atoms with Crippen LogP contribution >= 0.6 is 11.3 Å². The zero-order chi connectivity index (χ0) is 18.5. The number of hydrogen-bond donors (Lipinski definition) is 1. The third kappa shape index (κ3) is 4.46. The lowest BCUT2D eigenvalue weighted by atomic mass is 10.2. The predicted octanol–water partition coefficient (Wildman–Crippen LogP) is 3.13. The van der Waals surface area contributed by atoms with Gasteiger partial charge in [0.2, 0.25) is 0 Å². The Morgan fingerprint density at radius 1 is 1.27 bits per heavy atom. The van der Waals surface area contributed by atoms with Gasteiger partial charge in [-0.25, -0.2) is 9.98 Å². The first kappa shape index (κ1) is 18.5. The van der Waals surface area contributed by atoms with E-state index in [0.717, 1.165) is 46.8 Å². The minimum absolute atomic E-state index is 0.601. The topological polar surface area (TPSA) is 59.0 Å². The van der Waals surface area contributed by atoms with Crippen LogP contribution in [0.3, 0.4) is 0 Å². The highest BCUT2D eigenvalue weighted by Gasteiger charge is 2.14. The van der Waals surface area contributed by atoms with Gasteiger partial charge in [0.15, 0.2) is 17.5 Å². The summed E-state index contributed by atoms with van der Waals surface area (Å²) in [6.45, 7) is 9.57. The van der Waals surface area contributed by atoms with Crippen molar-refractivity contribution in [2.24, 2.45) is 4.99 Å². The van der Waals surface area contributed by atoms with Gasteiger partial charge in [-0.1, -0.05) is 6.07 Å². The number of hydrogen-bond acceptors (Lipinski definition) is 5. The molecule has 0 unspecified atom stereocenters. The van der Waals surface area contributed by atoms with Gasteiger partial charge in [-0.3, -0.25) is 0 Å². The SMILES string of the molecule is CCNC(=NCc1sc(C)nc1C)N(C)Cc1ccc2c(c1)OCCO2. The van der Waals surface area contributed by atoms with Gasteiger partial charge in [0.25, 0.3) is 0 Å². The Balaban J connectivity index is 1.71. The summed E-state index contributed by atoms with van der Waals surface area (Å²) in [6.07, 6.45) is 0. The summed E-state index contributed by atoms with van der Waals surface area (Å²) in [6, 6.07) is 6.10. The number of aryl methyl sites for hydroxylation is 2. The Hall–Kier alpha value is -2.28. The summed E-state index contributed by atoms with van der Waals surface area (Å²) in [4.78, 5) is 12.6. The van der Waals surface area contributed by atoms with Crippen molar-refractivity contribution in [2.45, 2.75) is 33.9 Å². The largest absolute Gasteiger partial charge is 0.486 e. The molecule has 2 heterocycles. The molecule has 7 heteroatoms. The van der Waals surface area contributed by atoms with E-state index < -0.39 is 0 Å². The molecular formula is C19H26N4O2S. The molecule has 0 atom stereocenters. The Bertz CT molecular complexity index is 788. The molecule has 0 radical (unpaired) electrons. The van der Waals surface area contributed by atoms with Gasteiger partial charge < -0.3 is 19.7 Å². The number of benzene rings is 1. The van der Waals surface area contributed by atoms with Crippen molar-refractivity contribution in [1.29, 1.82) is 0 Å². The number of aliphatic imine (C=N–C) groups is 1. The Morgan fingerprint density at radius 3 is 2.73 bits per heavy atom. The van der Waals surface area contributed by atoms with E-state index in [1.54, 1.807) is 11.3 Å². The molecule has 0 amide bonds. The van der Waals surface area contributed by atoms with Gasteiger partial charge in [0, 0.05) is 25.0 Å². The molecule has 0 bridgehead atoms. The third-order valence-corrected chi connectivity index (χ3v) is 5.15. The van der Waals surface area contributed by atoms with Crippen LogP contribution in [0.1, 0.15) is 28.1 Å². The quantitative estimate of drug-likeness (QED) is 0.644. The smallest absolute Gasteiger partial charge is 0.194 e. The molecule has 0 fully saturated rings. The van der Waals surface area contributed by atoms with E-state index in [0.29, 0.717) is 19.8 Å². The van der Waals surface area contributed by atoms with Gasteiger partial charge in [0.05, 0.1) is 17.2 Å². The zero-order valence-corrected chi connectivity index (χ0v) is 16.7. The second kappa shape index (κ2) is 8.40. The number of nitrogens with zero attached hydrogens (tertiary/aromatic N) is 3. The molecule has 1 aliphatic rings. The van der Waals surface area contributed by atoms with Crippen LogP contribution in [0, 0.1) is 13.8 Å². The minimum Gasteiger partial charge on any atom is -0.486 e. The highest BCUT2D eigenvalue weighted by molar-refractivity contribution is 7.11. The van der Waals surface area contributed by atoms with Crippen molar-refractivity contribution >= 4 is 17.3 Å². The molecular weight excluding hydrogens is 348 g/mol. The molecule has 1 aromatic heterocycles. The summed E-state index contributed by atoms with van der Waals surface area (Å²) >= 11 is 1.71. The number of fused-ring (bicyclic) bond motifs is 1. The van der Waals surface area contributed by atoms with Crippen molar-refractivity contribution in [3.63, 3.8) is 0 Å². The Labute approximate surface area is 158 Å². The molecule has 140 valence electrons. The molecule has 2 aromatic rings. The first-order chi connectivity index (χ1) is 12.6. The van der Waals surface area contributed by atoms with Crippen molar-refractivity contribution in [2.75, 3.05) is 26.8 Å². The van der Waals surface area contributed by atoms with Crippen molar-refractivity contribution < 1.29 is 9.47 Å². The summed E-state index contributed by atoms with van der Waals surface area (Å²) in [7, 11) is 2.04. The standard InChI is InChI=1S/C19H26N4O2S/c1-5-20-19(21-11-18-13(2)22-14(3)26-18)23(4)12-15-6-7-16-17(10-15)25-9-8-24-16/h6-7,10H,5,8-9,11-12H2,1-4H3,(H,20,21). The van der Waals surface area contributed by atoms with E-state index in [1.807, 2.05) is 33.0 Å². The van der Waals surface area contributed by atoms with Crippen LogP contribution in [-0.2, 0) is 13.1 Å². The second-order valence-corrected chi connectivity index (χ2v) is 7.53. The van der Waals surface area contributed by atoms with Crippen molar-refractivity contribution in [1.82, 2.24) is 15.2 Å². The van der Waals surface area contributed by atoms with Crippen LogP contribution in [0.5, 0.6) is 11.5 Å². The molecule has 6 nitrogen and oxygen atoms in total. The first-order valence-corrected chi connectivity index (χ1v) is 9.69. The molecule has 26 heavy (non-hydrogen) atoms. The van der Waals surface area contributed by atoms with E-state index in [-0.39, 0.29) is 0 Å². The van der Waals surface area contributed by atoms with E-state index in [2.05, 4.69) is 28.2 Å². The summed E-state index contributed by atoms with van der Waals surface area (Å²) in [5, 5.41) is 4.45. The molecule has 0 aliphatic carbocycles. The van der Waals surface area contributed by atoms with Gasteiger partial charge in [-0.05, 0) is 38.5 Å². The van der Waals surface area contributed by atoms with Crippen LogP contribution in [-0.4, -0.2) is 42.6 Å². The molecule has 0 spiro atoms. The molecule has 0 saturated carbocycles. The van der Waals surface area contributed by atoms with E-state index >= 15 is 0 Å². The average molecular weight is 375 g/mol. The monoisotopic (exact) mass is 374 g/mol. The van der Waals surface area contributed by atoms with E-state index in [9.17, 15) is 0 Å². The van der Waals surface area contributed by atoms with Crippen LogP contribution in [0.4, 0.5) is 0 Å². The summed E-state index contributed by atoms with van der Waals surface area (Å²) < 4.78 is 11.3. The minimum atomic E-state index is 0.601. The fraction of sp³-hybridized carbons (Fsp3) is 0.474. The van der Waals surface area contributed by atoms with Crippen molar-refractivity contribution in [3.8, 4) is 11.5 Å². The summed E-state index contributed by atoms with van der Waals surface area (Å²) in [5.74, 6) is 2.52. The summed E-state index contributed by atoms with van der Waals surface area (Å²) in [5.41, 5.74) is 2.23. The van der Waals surface area contributed by atoms with E-state index in [1.165, 1.54) is 4.88 Å². The third-order valence-electron chi connectivity index (χ3n) is 4.09. The molecule has 1 aromatic carbocycles. The lowest BCUT2D eigenvalue weighted by molar-refractivity contribution is 0.171. The Kier molecular flexibility index (Phi) is 5.98. The molecule has 1 N–H and O–H groups in total. The number of rotatable bonds is 5. The fourth-order valence-corrected chi connectivity index (χ4v) is 3.73. The maximum atomic E-state index is 5.68. The van der Waals surface area contributed by atoms with E-state index in [4.69, 9.17) is 14.5 Å². The highest BCUT2D eigenvalue weighted by atomic mass is 32.1. The lowest BCUT2D eigenvalue weighted by Gasteiger charge is -2.23. The zero-order valence-electron chi connectivity index (χ0n) is 15.8.